The molecule has 0 spiro atoms. The van der Waals surface area contributed by atoms with Gasteiger partial charge in [-0.05, 0) is 19.4 Å². The van der Waals surface area contributed by atoms with Gasteiger partial charge in [-0.2, -0.15) is 4.98 Å². The van der Waals surface area contributed by atoms with Crippen LogP contribution in [0.3, 0.4) is 0 Å². The van der Waals surface area contributed by atoms with E-state index in [0.29, 0.717) is 31.3 Å². The third kappa shape index (κ3) is 3.55. The Morgan fingerprint density at radius 2 is 2.31 bits per heavy atom. The quantitative estimate of drug-likeness (QED) is 0.652. The van der Waals surface area contributed by atoms with Crippen LogP contribution >= 0.6 is 11.3 Å². The predicted octanol–water partition coefficient (Wildman–Crippen LogP) is 2.06. The van der Waals surface area contributed by atoms with E-state index < -0.39 is 0 Å². The van der Waals surface area contributed by atoms with Crippen molar-refractivity contribution in [2.24, 2.45) is 0 Å². The number of methoxy groups -OCH3 is 1. The zero-order chi connectivity index (χ0) is 17.9. The van der Waals surface area contributed by atoms with Crippen LogP contribution in [-0.2, 0) is 17.7 Å². The molecule has 26 heavy (non-hydrogen) atoms. The first kappa shape index (κ1) is 17.3. The van der Waals surface area contributed by atoms with Gasteiger partial charge in [-0.3, -0.25) is 14.1 Å². The van der Waals surface area contributed by atoms with Crippen LogP contribution in [0.5, 0.6) is 0 Å². The average Bonchev–Trinajstić information content (AvgIpc) is 3.30. The summed E-state index contributed by atoms with van der Waals surface area (Å²) >= 11 is 1.47. The zero-order valence-corrected chi connectivity index (χ0v) is 15.4. The van der Waals surface area contributed by atoms with Gasteiger partial charge in [0.1, 0.15) is 0 Å². The predicted molar refractivity (Wildman–Crippen MR) is 96.2 cm³/mol. The summed E-state index contributed by atoms with van der Waals surface area (Å²) in [4.78, 5) is 24.4. The Bertz CT molecular complexity index is 934. The molecule has 0 aromatic carbocycles. The summed E-state index contributed by atoms with van der Waals surface area (Å²) in [5.74, 6) is 1.31. The standard InChI is InChI=1S/C17H21N5O3S/c1-24-8-5-14-19-16(25-20-14)13-4-2-3-6-21(13)11-12-10-15(23)22-7-9-26-17(22)18-12/h7,9-10,13H,2-6,8,11H2,1H3/t13-/m1/s1. The van der Waals surface area contributed by atoms with Crippen LogP contribution in [0.4, 0.5) is 0 Å². The maximum atomic E-state index is 12.2. The molecule has 9 heteroatoms. The molecule has 4 rings (SSSR count). The Labute approximate surface area is 154 Å². The molecule has 1 aliphatic heterocycles. The van der Waals surface area contributed by atoms with Crippen molar-refractivity contribution in [2.75, 3.05) is 20.3 Å². The summed E-state index contributed by atoms with van der Waals surface area (Å²) in [6, 6.07) is 1.68. The molecule has 1 atom stereocenters. The number of rotatable bonds is 6. The number of nitrogens with zero attached hydrogens (tertiary/aromatic N) is 5. The van der Waals surface area contributed by atoms with Crippen molar-refractivity contribution in [1.82, 2.24) is 24.4 Å². The van der Waals surface area contributed by atoms with E-state index in [0.717, 1.165) is 36.5 Å². The summed E-state index contributed by atoms with van der Waals surface area (Å²) in [5, 5.41) is 5.93. The van der Waals surface area contributed by atoms with E-state index in [9.17, 15) is 4.79 Å². The van der Waals surface area contributed by atoms with Crippen LogP contribution < -0.4 is 5.56 Å². The highest BCUT2D eigenvalue weighted by atomic mass is 32.1. The van der Waals surface area contributed by atoms with Crippen molar-refractivity contribution >= 4 is 16.3 Å². The van der Waals surface area contributed by atoms with Crippen LogP contribution in [0.15, 0.2) is 27.0 Å². The molecule has 138 valence electrons. The largest absolute Gasteiger partial charge is 0.384 e. The van der Waals surface area contributed by atoms with Crippen LogP contribution in [0.2, 0.25) is 0 Å². The van der Waals surface area contributed by atoms with Gasteiger partial charge in [-0.25, -0.2) is 4.98 Å². The molecule has 0 radical (unpaired) electrons. The summed E-state index contributed by atoms with van der Waals surface area (Å²) < 4.78 is 12.1. The number of likely N-dealkylation sites (tertiary alicyclic amines) is 1. The molecule has 8 nitrogen and oxygen atoms in total. The second-order valence-corrected chi connectivity index (χ2v) is 7.29. The van der Waals surface area contributed by atoms with Gasteiger partial charge in [-0.1, -0.05) is 11.6 Å². The van der Waals surface area contributed by atoms with Crippen molar-refractivity contribution in [3.63, 3.8) is 0 Å². The summed E-state index contributed by atoms with van der Waals surface area (Å²) in [6.07, 6.45) is 5.59. The van der Waals surface area contributed by atoms with E-state index in [2.05, 4.69) is 20.0 Å². The van der Waals surface area contributed by atoms with E-state index in [1.165, 1.54) is 11.3 Å². The molecule has 4 heterocycles. The van der Waals surface area contributed by atoms with Gasteiger partial charge in [0, 0.05) is 37.7 Å². The Hall–Kier alpha value is -2.10. The number of piperidine rings is 1. The van der Waals surface area contributed by atoms with Crippen LogP contribution in [-0.4, -0.2) is 44.7 Å². The Morgan fingerprint density at radius 3 is 3.19 bits per heavy atom. The van der Waals surface area contributed by atoms with Crippen molar-refractivity contribution in [2.45, 2.75) is 38.3 Å². The molecule has 0 saturated carbocycles. The second kappa shape index (κ2) is 7.65. The highest BCUT2D eigenvalue weighted by Gasteiger charge is 2.29. The topological polar surface area (TPSA) is 85.8 Å². The van der Waals surface area contributed by atoms with E-state index in [1.807, 2.05) is 5.38 Å². The Kier molecular flexibility index (Phi) is 5.09. The molecule has 0 aliphatic carbocycles. The van der Waals surface area contributed by atoms with Crippen molar-refractivity contribution in [3.05, 3.63) is 45.4 Å². The van der Waals surface area contributed by atoms with E-state index in [-0.39, 0.29) is 11.6 Å². The molecule has 0 N–H and O–H groups in total. The number of hydrogen-bond donors (Lipinski definition) is 0. The van der Waals surface area contributed by atoms with Gasteiger partial charge >= 0.3 is 0 Å². The molecule has 0 unspecified atom stereocenters. The minimum absolute atomic E-state index is 0.0422. The van der Waals surface area contributed by atoms with Crippen LogP contribution in [0, 0.1) is 0 Å². The lowest BCUT2D eigenvalue weighted by Gasteiger charge is -2.32. The lowest BCUT2D eigenvalue weighted by molar-refractivity contribution is 0.110. The Balaban J connectivity index is 1.55. The molecular weight excluding hydrogens is 354 g/mol. The highest BCUT2D eigenvalue weighted by molar-refractivity contribution is 7.15. The first-order valence-corrected chi connectivity index (χ1v) is 9.64. The monoisotopic (exact) mass is 375 g/mol. The van der Waals surface area contributed by atoms with Gasteiger partial charge in [0.2, 0.25) is 5.89 Å². The number of ether oxygens (including phenoxy) is 1. The summed E-state index contributed by atoms with van der Waals surface area (Å²) in [7, 11) is 1.66. The van der Waals surface area contributed by atoms with Gasteiger partial charge in [0.25, 0.3) is 5.56 Å². The normalized spacial score (nSPS) is 18.6. The fourth-order valence-corrected chi connectivity index (χ4v) is 4.07. The third-order valence-electron chi connectivity index (χ3n) is 4.63. The lowest BCUT2D eigenvalue weighted by atomic mass is 10.0. The zero-order valence-electron chi connectivity index (χ0n) is 14.6. The first-order valence-electron chi connectivity index (χ1n) is 8.76. The molecule has 3 aromatic heterocycles. The number of thiazole rings is 1. The van der Waals surface area contributed by atoms with Crippen molar-refractivity contribution < 1.29 is 9.26 Å². The van der Waals surface area contributed by atoms with Crippen molar-refractivity contribution in [1.29, 1.82) is 0 Å². The number of hydrogen-bond acceptors (Lipinski definition) is 8. The van der Waals surface area contributed by atoms with Gasteiger partial charge in [0.05, 0.1) is 18.3 Å². The minimum atomic E-state index is -0.0422. The summed E-state index contributed by atoms with van der Waals surface area (Å²) in [5.41, 5.74) is 0.739. The Morgan fingerprint density at radius 1 is 1.38 bits per heavy atom. The fourth-order valence-electron chi connectivity index (χ4n) is 3.33. The second-order valence-electron chi connectivity index (χ2n) is 6.41. The fraction of sp³-hybridized carbons (Fsp3) is 0.529. The van der Waals surface area contributed by atoms with Crippen LogP contribution in [0.25, 0.3) is 4.96 Å². The molecule has 1 saturated heterocycles. The molecule has 3 aromatic rings. The van der Waals surface area contributed by atoms with Crippen LogP contribution in [0.1, 0.15) is 42.7 Å². The molecule has 0 amide bonds. The third-order valence-corrected chi connectivity index (χ3v) is 5.39. The van der Waals surface area contributed by atoms with Crippen molar-refractivity contribution in [3.8, 4) is 0 Å². The van der Waals surface area contributed by atoms with Gasteiger partial charge in [-0.15, -0.1) is 11.3 Å². The van der Waals surface area contributed by atoms with E-state index in [4.69, 9.17) is 9.26 Å². The average molecular weight is 375 g/mol. The lowest BCUT2D eigenvalue weighted by Crippen LogP contribution is -2.34. The number of aromatic nitrogens is 4. The van der Waals surface area contributed by atoms with Gasteiger partial charge < -0.3 is 9.26 Å². The molecule has 0 bridgehead atoms. The smallest absolute Gasteiger partial charge is 0.258 e. The van der Waals surface area contributed by atoms with Gasteiger partial charge in [0.15, 0.2) is 10.8 Å². The molecule has 1 fully saturated rings. The maximum Gasteiger partial charge on any atom is 0.258 e. The maximum absolute atomic E-state index is 12.2. The minimum Gasteiger partial charge on any atom is -0.384 e. The van der Waals surface area contributed by atoms with E-state index in [1.54, 1.807) is 23.8 Å². The number of fused-ring (bicyclic) bond motifs is 1. The van der Waals surface area contributed by atoms with E-state index >= 15 is 0 Å². The summed E-state index contributed by atoms with van der Waals surface area (Å²) in [6.45, 7) is 2.10. The highest BCUT2D eigenvalue weighted by Crippen LogP contribution is 2.31. The SMILES string of the molecule is COCCc1noc([C@H]2CCCCN2Cc2cc(=O)n3ccsc3n2)n1. The molecular formula is C17H21N5O3S. The molecule has 1 aliphatic rings. The first-order chi connectivity index (χ1) is 12.7.